The molecule has 28 heavy (non-hydrogen) atoms. The molecule has 1 aliphatic rings. The van der Waals surface area contributed by atoms with Gasteiger partial charge in [0.1, 0.15) is 12.8 Å². The molecule has 0 bridgehead atoms. The number of hydrogen-bond acceptors (Lipinski definition) is 7. The van der Waals surface area contributed by atoms with Gasteiger partial charge in [-0.1, -0.05) is 30.3 Å². The molecule has 1 aromatic carbocycles. The standard InChI is InChI=1S/C20H26N4O4/c1-22(14-19(25)27-2)20(26)17-15-28-18(21-17)13-24-10-8-23(9-11-24)12-16-6-4-3-5-7-16/h3-7,15H,8-14H2,1-2H3. The van der Waals surface area contributed by atoms with Crippen LogP contribution < -0.4 is 0 Å². The Bertz CT molecular complexity index is 785. The first-order chi connectivity index (χ1) is 13.5. The van der Waals surface area contributed by atoms with E-state index in [4.69, 9.17) is 4.42 Å². The van der Waals surface area contributed by atoms with E-state index in [9.17, 15) is 9.59 Å². The Morgan fingerprint density at radius 1 is 1.11 bits per heavy atom. The van der Waals surface area contributed by atoms with Crippen LogP contribution >= 0.6 is 0 Å². The molecule has 1 saturated heterocycles. The van der Waals surface area contributed by atoms with Gasteiger partial charge in [-0.2, -0.15) is 0 Å². The van der Waals surface area contributed by atoms with Crippen molar-refractivity contribution >= 4 is 11.9 Å². The number of methoxy groups -OCH3 is 1. The van der Waals surface area contributed by atoms with Gasteiger partial charge in [0.25, 0.3) is 5.91 Å². The second kappa shape index (κ2) is 9.48. The molecule has 2 heterocycles. The van der Waals surface area contributed by atoms with E-state index in [0.717, 1.165) is 32.7 Å². The summed E-state index contributed by atoms with van der Waals surface area (Å²) in [7, 11) is 2.81. The molecule has 150 valence electrons. The number of likely N-dealkylation sites (N-methyl/N-ethyl adjacent to an activating group) is 1. The summed E-state index contributed by atoms with van der Waals surface area (Å²) in [5, 5.41) is 0. The number of benzene rings is 1. The normalized spacial score (nSPS) is 15.4. The third-order valence-electron chi connectivity index (χ3n) is 4.78. The van der Waals surface area contributed by atoms with Gasteiger partial charge in [-0.25, -0.2) is 4.98 Å². The van der Waals surface area contributed by atoms with Crippen LogP contribution in [0.5, 0.6) is 0 Å². The lowest BCUT2D eigenvalue weighted by Crippen LogP contribution is -2.45. The smallest absolute Gasteiger partial charge is 0.325 e. The van der Waals surface area contributed by atoms with E-state index < -0.39 is 5.97 Å². The number of rotatable bonds is 7. The van der Waals surface area contributed by atoms with E-state index in [2.05, 4.69) is 43.8 Å². The third kappa shape index (κ3) is 5.40. The van der Waals surface area contributed by atoms with Gasteiger partial charge in [-0.3, -0.25) is 19.4 Å². The zero-order valence-electron chi connectivity index (χ0n) is 16.3. The van der Waals surface area contributed by atoms with Crippen LogP contribution in [-0.2, 0) is 22.6 Å². The monoisotopic (exact) mass is 386 g/mol. The van der Waals surface area contributed by atoms with Crippen LogP contribution in [0.15, 0.2) is 41.0 Å². The van der Waals surface area contributed by atoms with Crippen molar-refractivity contribution in [1.82, 2.24) is 19.7 Å². The molecule has 0 spiro atoms. The summed E-state index contributed by atoms with van der Waals surface area (Å²) in [4.78, 5) is 33.8. The quantitative estimate of drug-likeness (QED) is 0.663. The van der Waals surface area contributed by atoms with Crippen molar-refractivity contribution in [2.24, 2.45) is 0 Å². The summed E-state index contributed by atoms with van der Waals surface area (Å²) in [5.74, 6) is -0.340. The zero-order chi connectivity index (χ0) is 19.9. The Balaban J connectivity index is 1.47. The topological polar surface area (TPSA) is 79.1 Å². The zero-order valence-corrected chi connectivity index (χ0v) is 16.3. The first-order valence-electron chi connectivity index (χ1n) is 9.30. The van der Waals surface area contributed by atoms with E-state index in [0.29, 0.717) is 12.4 Å². The van der Waals surface area contributed by atoms with Crippen LogP contribution in [0.1, 0.15) is 21.9 Å². The van der Waals surface area contributed by atoms with Crippen molar-refractivity contribution in [1.29, 1.82) is 0 Å². The van der Waals surface area contributed by atoms with Gasteiger partial charge < -0.3 is 14.1 Å². The largest absolute Gasteiger partial charge is 0.468 e. The molecule has 1 aliphatic heterocycles. The van der Waals surface area contributed by atoms with Crippen molar-refractivity contribution in [2.75, 3.05) is 46.9 Å². The number of ether oxygens (including phenoxy) is 1. The van der Waals surface area contributed by atoms with Crippen LogP contribution in [0.2, 0.25) is 0 Å². The third-order valence-corrected chi connectivity index (χ3v) is 4.78. The van der Waals surface area contributed by atoms with Crippen molar-refractivity contribution < 1.29 is 18.7 Å². The van der Waals surface area contributed by atoms with Gasteiger partial charge in [0.05, 0.1) is 13.7 Å². The molecule has 2 aromatic rings. The van der Waals surface area contributed by atoms with Gasteiger partial charge in [0, 0.05) is 39.8 Å². The number of carbonyl (C=O) groups is 2. The SMILES string of the molecule is COC(=O)CN(C)C(=O)c1coc(CN2CCN(Cc3ccccc3)CC2)n1. The number of aromatic nitrogens is 1. The van der Waals surface area contributed by atoms with E-state index >= 15 is 0 Å². The lowest BCUT2D eigenvalue weighted by Gasteiger charge is -2.34. The van der Waals surface area contributed by atoms with Gasteiger partial charge in [0.15, 0.2) is 5.69 Å². The molecule has 1 aromatic heterocycles. The van der Waals surface area contributed by atoms with Crippen LogP contribution in [0.25, 0.3) is 0 Å². The first-order valence-corrected chi connectivity index (χ1v) is 9.30. The van der Waals surface area contributed by atoms with Gasteiger partial charge >= 0.3 is 5.97 Å². The maximum absolute atomic E-state index is 12.3. The maximum Gasteiger partial charge on any atom is 0.325 e. The molecular formula is C20H26N4O4. The second-order valence-corrected chi connectivity index (χ2v) is 6.90. The molecule has 0 atom stereocenters. The summed E-state index contributed by atoms with van der Waals surface area (Å²) in [5.41, 5.74) is 1.52. The minimum Gasteiger partial charge on any atom is -0.468 e. The number of nitrogens with zero attached hydrogens (tertiary/aromatic N) is 4. The average Bonchev–Trinajstić information content (AvgIpc) is 3.18. The molecule has 1 fully saturated rings. The number of piperazine rings is 1. The minimum absolute atomic E-state index is 0.124. The molecule has 0 saturated carbocycles. The Kier molecular flexibility index (Phi) is 6.78. The van der Waals surface area contributed by atoms with E-state index in [1.807, 2.05) is 6.07 Å². The fourth-order valence-electron chi connectivity index (χ4n) is 3.15. The Hall–Kier alpha value is -2.71. The molecule has 3 rings (SSSR count). The highest BCUT2D eigenvalue weighted by atomic mass is 16.5. The van der Waals surface area contributed by atoms with Gasteiger partial charge in [0.2, 0.25) is 5.89 Å². The Labute approximate surface area is 164 Å². The number of amides is 1. The van der Waals surface area contributed by atoms with Crippen LogP contribution in [0.4, 0.5) is 0 Å². The van der Waals surface area contributed by atoms with Crippen LogP contribution in [-0.4, -0.2) is 78.4 Å². The summed E-state index contributed by atoms with van der Waals surface area (Å²) >= 11 is 0. The lowest BCUT2D eigenvalue weighted by atomic mass is 10.2. The van der Waals surface area contributed by atoms with E-state index in [1.54, 1.807) is 0 Å². The lowest BCUT2D eigenvalue weighted by molar-refractivity contribution is -0.141. The summed E-state index contributed by atoms with van der Waals surface area (Å²) in [6.45, 7) is 5.18. The highest BCUT2D eigenvalue weighted by Crippen LogP contribution is 2.12. The van der Waals surface area contributed by atoms with Crippen molar-refractivity contribution in [3.63, 3.8) is 0 Å². The van der Waals surface area contributed by atoms with Crippen LogP contribution in [0, 0.1) is 0 Å². The molecule has 8 heteroatoms. The average molecular weight is 386 g/mol. The van der Waals surface area contributed by atoms with E-state index in [1.165, 1.54) is 30.9 Å². The molecule has 0 aliphatic carbocycles. The predicted molar refractivity (Wildman–Crippen MR) is 102 cm³/mol. The number of oxazole rings is 1. The highest BCUT2D eigenvalue weighted by Gasteiger charge is 2.22. The first kappa shape index (κ1) is 20.0. The van der Waals surface area contributed by atoms with Crippen molar-refractivity contribution in [3.8, 4) is 0 Å². The van der Waals surface area contributed by atoms with Gasteiger partial charge in [-0.15, -0.1) is 0 Å². The molecule has 1 amide bonds. The Morgan fingerprint density at radius 3 is 2.39 bits per heavy atom. The fourth-order valence-corrected chi connectivity index (χ4v) is 3.15. The summed E-state index contributed by atoms with van der Waals surface area (Å²) in [6, 6.07) is 10.5. The Morgan fingerprint density at radius 2 is 1.75 bits per heavy atom. The molecule has 0 unspecified atom stereocenters. The van der Waals surface area contributed by atoms with Gasteiger partial charge in [-0.05, 0) is 5.56 Å². The maximum atomic E-state index is 12.3. The molecular weight excluding hydrogens is 360 g/mol. The second-order valence-electron chi connectivity index (χ2n) is 6.90. The summed E-state index contributed by atoms with van der Waals surface area (Å²) < 4.78 is 10.0. The fraction of sp³-hybridized carbons (Fsp3) is 0.450. The van der Waals surface area contributed by atoms with Crippen molar-refractivity contribution in [3.05, 3.63) is 53.7 Å². The van der Waals surface area contributed by atoms with Crippen molar-refractivity contribution in [2.45, 2.75) is 13.1 Å². The molecule has 8 nitrogen and oxygen atoms in total. The number of carbonyl (C=O) groups excluding carboxylic acids is 2. The minimum atomic E-state index is -0.479. The van der Waals surface area contributed by atoms with Crippen LogP contribution in [0.3, 0.4) is 0 Å². The summed E-state index contributed by atoms with van der Waals surface area (Å²) in [6.07, 6.45) is 1.34. The molecule has 0 N–H and O–H groups in total. The molecule has 0 radical (unpaired) electrons. The highest BCUT2D eigenvalue weighted by molar-refractivity contribution is 5.93. The predicted octanol–water partition coefficient (Wildman–Crippen LogP) is 1.24. The van der Waals surface area contributed by atoms with E-state index in [-0.39, 0.29) is 18.1 Å². The number of esters is 1. The number of hydrogen-bond donors (Lipinski definition) is 0.